The first-order valence-corrected chi connectivity index (χ1v) is 7.55. The summed E-state index contributed by atoms with van der Waals surface area (Å²) in [6, 6.07) is 9.65. The summed E-state index contributed by atoms with van der Waals surface area (Å²) in [5.41, 5.74) is 0.904. The molecule has 3 fully saturated rings. The van der Waals surface area contributed by atoms with E-state index >= 15 is 0 Å². The van der Waals surface area contributed by atoms with Gasteiger partial charge in [-0.25, -0.2) is 0 Å². The molecular weight excluding hydrogens is 288 g/mol. The fourth-order valence-electron chi connectivity index (χ4n) is 3.28. The van der Waals surface area contributed by atoms with E-state index < -0.39 is 30.6 Å². The highest BCUT2D eigenvalue weighted by Crippen LogP contribution is 2.44. The third-order valence-electron chi connectivity index (χ3n) is 4.22. The van der Waals surface area contributed by atoms with Crippen LogP contribution in [0.4, 0.5) is 0 Å². The molecule has 120 valence electrons. The van der Waals surface area contributed by atoms with Crippen LogP contribution in [0.2, 0.25) is 0 Å². The Morgan fingerprint density at radius 1 is 0.955 bits per heavy atom. The zero-order valence-electron chi connectivity index (χ0n) is 12.5. The maximum Gasteiger partial charge on any atom is 0.190 e. The molecule has 0 saturated carbocycles. The molecule has 6 atom stereocenters. The van der Waals surface area contributed by atoms with Gasteiger partial charge in [0.1, 0.15) is 24.4 Å². The van der Waals surface area contributed by atoms with Crippen LogP contribution in [-0.2, 0) is 23.7 Å². The fraction of sp³-hybridized carbons (Fsp3) is 0.625. The van der Waals surface area contributed by atoms with Crippen LogP contribution >= 0.6 is 0 Å². The number of fused-ring (bicyclic) bond motifs is 3. The van der Waals surface area contributed by atoms with Gasteiger partial charge in [-0.3, -0.25) is 0 Å². The van der Waals surface area contributed by atoms with E-state index in [4.69, 9.17) is 23.7 Å². The Labute approximate surface area is 128 Å². The molecule has 0 aliphatic carbocycles. The van der Waals surface area contributed by atoms with Gasteiger partial charge in [0.15, 0.2) is 18.4 Å². The van der Waals surface area contributed by atoms with Crippen molar-refractivity contribution in [1.82, 2.24) is 0 Å². The lowest BCUT2D eigenvalue weighted by Crippen LogP contribution is -2.50. The Morgan fingerprint density at radius 2 is 1.73 bits per heavy atom. The Morgan fingerprint density at radius 3 is 2.45 bits per heavy atom. The van der Waals surface area contributed by atoms with E-state index in [2.05, 4.69) is 0 Å². The van der Waals surface area contributed by atoms with Gasteiger partial charge in [0, 0.05) is 5.56 Å². The highest BCUT2D eigenvalue weighted by atomic mass is 16.9. The average molecular weight is 308 g/mol. The number of hydrogen-bond acceptors (Lipinski definition) is 6. The molecule has 22 heavy (non-hydrogen) atoms. The summed E-state index contributed by atoms with van der Waals surface area (Å²) in [6.45, 7) is 3.55. The molecule has 1 aromatic rings. The van der Waals surface area contributed by atoms with Crippen molar-refractivity contribution in [2.24, 2.45) is 0 Å². The third-order valence-corrected chi connectivity index (χ3v) is 4.22. The van der Waals surface area contributed by atoms with E-state index in [1.165, 1.54) is 0 Å². The SMILES string of the molecule is CC1(C)O[C@@H]2O[C@H]3[C@@H](O[C@@H](c4ccccc4)O[C@H]3CO)[C@@H]2O1. The van der Waals surface area contributed by atoms with Crippen molar-refractivity contribution in [2.45, 2.75) is 56.6 Å². The molecule has 0 radical (unpaired) electrons. The van der Waals surface area contributed by atoms with Gasteiger partial charge < -0.3 is 28.8 Å². The van der Waals surface area contributed by atoms with Crippen molar-refractivity contribution < 1.29 is 28.8 Å². The van der Waals surface area contributed by atoms with E-state index in [0.717, 1.165) is 5.56 Å². The van der Waals surface area contributed by atoms with Crippen molar-refractivity contribution in [2.75, 3.05) is 6.61 Å². The zero-order valence-corrected chi connectivity index (χ0v) is 12.5. The normalized spacial score (nSPS) is 42.9. The van der Waals surface area contributed by atoms with Gasteiger partial charge in [0.2, 0.25) is 0 Å². The highest BCUT2D eigenvalue weighted by Gasteiger charge is 2.59. The van der Waals surface area contributed by atoms with Crippen molar-refractivity contribution in [1.29, 1.82) is 0 Å². The summed E-state index contributed by atoms with van der Waals surface area (Å²) in [7, 11) is 0. The number of aliphatic hydroxyl groups is 1. The molecule has 6 heteroatoms. The molecule has 1 aromatic carbocycles. The Kier molecular flexibility index (Phi) is 3.48. The van der Waals surface area contributed by atoms with Gasteiger partial charge in [0.05, 0.1) is 6.61 Å². The zero-order chi connectivity index (χ0) is 15.3. The van der Waals surface area contributed by atoms with Crippen molar-refractivity contribution in [3.63, 3.8) is 0 Å². The number of rotatable bonds is 2. The largest absolute Gasteiger partial charge is 0.394 e. The minimum Gasteiger partial charge on any atom is -0.394 e. The molecule has 0 bridgehead atoms. The molecule has 0 aromatic heterocycles. The smallest absolute Gasteiger partial charge is 0.190 e. The molecule has 0 unspecified atom stereocenters. The van der Waals surface area contributed by atoms with Gasteiger partial charge in [0.25, 0.3) is 0 Å². The van der Waals surface area contributed by atoms with E-state index in [-0.39, 0.29) is 18.8 Å². The second-order valence-electron chi connectivity index (χ2n) is 6.27. The maximum atomic E-state index is 9.63. The van der Waals surface area contributed by atoms with Crippen LogP contribution in [0, 0.1) is 0 Å². The molecule has 3 saturated heterocycles. The van der Waals surface area contributed by atoms with Crippen LogP contribution in [0.15, 0.2) is 30.3 Å². The van der Waals surface area contributed by atoms with Crippen LogP contribution in [0.3, 0.4) is 0 Å². The van der Waals surface area contributed by atoms with Crippen LogP contribution < -0.4 is 0 Å². The van der Waals surface area contributed by atoms with Crippen LogP contribution in [0.1, 0.15) is 25.7 Å². The molecule has 1 N–H and O–H groups in total. The molecule has 3 heterocycles. The first-order valence-electron chi connectivity index (χ1n) is 7.55. The number of benzene rings is 1. The number of ether oxygens (including phenoxy) is 5. The maximum absolute atomic E-state index is 9.63. The van der Waals surface area contributed by atoms with Crippen LogP contribution in [-0.4, -0.2) is 48.2 Å². The van der Waals surface area contributed by atoms with Crippen molar-refractivity contribution in [3.05, 3.63) is 35.9 Å². The van der Waals surface area contributed by atoms with E-state index in [1.54, 1.807) is 0 Å². The van der Waals surface area contributed by atoms with Crippen molar-refractivity contribution in [3.8, 4) is 0 Å². The molecule has 3 aliphatic heterocycles. The second kappa shape index (κ2) is 5.26. The summed E-state index contributed by atoms with van der Waals surface area (Å²) >= 11 is 0. The van der Waals surface area contributed by atoms with Gasteiger partial charge in [-0.05, 0) is 13.8 Å². The van der Waals surface area contributed by atoms with E-state index in [0.29, 0.717) is 0 Å². The van der Waals surface area contributed by atoms with Gasteiger partial charge in [-0.2, -0.15) is 0 Å². The van der Waals surface area contributed by atoms with Crippen molar-refractivity contribution >= 4 is 0 Å². The van der Waals surface area contributed by atoms with Crippen LogP contribution in [0.5, 0.6) is 0 Å². The summed E-state index contributed by atoms with van der Waals surface area (Å²) in [4.78, 5) is 0. The number of aliphatic hydroxyl groups excluding tert-OH is 1. The van der Waals surface area contributed by atoms with E-state index in [1.807, 2.05) is 44.2 Å². The molecule has 4 rings (SSSR count). The van der Waals surface area contributed by atoms with Gasteiger partial charge in [-0.1, -0.05) is 30.3 Å². The molecule has 0 amide bonds. The lowest BCUT2D eigenvalue weighted by molar-refractivity contribution is -0.313. The Hall–Kier alpha value is -1.02. The number of hydrogen-bond donors (Lipinski definition) is 1. The standard InChI is InChI=1S/C16H20O6/c1-16(2)21-13-12-11(19-15(13)22-16)10(8-17)18-14(20-12)9-6-4-3-5-7-9/h3-7,10-15,17H,8H2,1-2H3/t10-,11+,12+,13-,14-,15-/m0/s1. The van der Waals surface area contributed by atoms with Gasteiger partial charge >= 0.3 is 0 Å². The highest BCUT2D eigenvalue weighted by molar-refractivity contribution is 5.17. The summed E-state index contributed by atoms with van der Waals surface area (Å²) in [6.07, 6.45) is -2.54. The lowest BCUT2D eigenvalue weighted by Gasteiger charge is -2.39. The lowest BCUT2D eigenvalue weighted by atomic mass is 10.0. The fourth-order valence-corrected chi connectivity index (χ4v) is 3.28. The Bertz CT molecular complexity index is 533. The van der Waals surface area contributed by atoms with Crippen LogP contribution in [0.25, 0.3) is 0 Å². The summed E-state index contributed by atoms with van der Waals surface area (Å²) in [5, 5.41) is 9.63. The predicted octanol–water partition coefficient (Wildman–Crippen LogP) is 1.34. The first-order chi connectivity index (χ1) is 10.6. The molecular formula is C16H20O6. The van der Waals surface area contributed by atoms with E-state index in [9.17, 15) is 5.11 Å². The average Bonchev–Trinajstić information content (AvgIpc) is 2.99. The Balaban J connectivity index is 1.59. The quantitative estimate of drug-likeness (QED) is 0.889. The second-order valence-corrected chi connectivity index (χ2v) is 6.27. The first kappa shape index (κ1) is 14.6. The molecule has 3 aliphatic rings. The summed E-state index contributed by atoms with van der Waals surface area (Å²) < 4.78 is 29.4. The summed E-state index contributed by atoms with van der Waals surface area (Å²) in [5.74, 6) is -0.696. The third kappa shape index (κ3) is 2.36. The molecule has 6 nitrogen and oxygen atoms in total. The minimum absolute atomic E-state index is 0.142. The minimum atomic E-state index is -0.696. The monoisotopic (exact) mass is 308 g/mol. The van der Waals surface area contributed by atoms with Gasteiger partial charge in [-0.15, -0.1) is 0 Å². The molecule has 0 spiro atoms. The predicted molar refractivity (Wildman–Crippen MR) is 74.7 cm³/mol. The topological polar surface area (TPSA) is 66.4 Å².